The number of ether oxygens (including phenoxy) is 3. The van der Waals surface area contributed by atoms with Gasteiger partial charge in [-0.1, -0.05) is 260 Å². The molecule has 0 saturated heterocycles. The third kappa shape index (κ3) is 55.7. The summed E-state index contributed by atoms with van der Waals surface area (Å²) in [5.41, 5.74) is 0. The van der Waals surface area contributed by atoms with E-state index >= 15 is 0 Å². The lowest BCUT2D eigenvalue weighted by Crippen LogP contribution is -2.30. The van der Waals surface area contributed by atoms with E-state index in [9.17, 15) is 9.59 Å². The largest absolute Gasteiger partial charge is 0.462 e. The van der Waals surface area contributed by atoms with E-state index in [-0.39, 0.29) is 25.2 Å². The van der Waals surface area contributed by atoms with Gasteiger partial charge in [-0.25, -0.2) is 0 Å². The number of hydrogen-bond acceptors (Lipinski definition) is 5. The molecule has 0 fully saturated rings. The molecule has 0 heterocycles. The van der Waals surface area contributed by atoms with Crippen molar-refractivity contribution in [2.24, 2.45) is 0 Å². The summed E-state index contributed by atoms with van der Waals surface area (Å²) in [6.07, 6.45) is 77.6. The predicted octanol–water partition coefficient (Wildman–Crippen LogP) is 20.0. The van der Waals surface area contributed by atoms with Gasteiger partial charge in [0.15, 0.2) is 6.10 Å². The van der Waals surface area contributed by atoms with E-state index in [0.29, 0.717) is 19.4 Å². The maximum absolute atomic E-state index is 12.8. The van der Waals surface area contributed by atoms with Crippen LogP contribution in [0.4, 0.5) is 0 Å². The Kier molecular flexibility index (Phi) is 55.9. The SMILES string of the molecule is CC/C=C\C/C=C\C/C=C\C/C=C\CCCCCCCCC(=O)OCC(COCCCCCCCCCCCCCCCCCCCCCC)OC(=O)CCCCC/C=C\C/C=C\C/C=C\CC. The van der Waals surface area contributed by atoms with Crippen molar-refractivity contribution >= 4 is 11.9 Å². The quantitative estimate of drug-likeness (QED) is 0.0345. The summed E-state index contributed by atoms with van der Waals surface area (Å²) in [6.45, 7) is 7.59. The van der Waals surface area contributed by atoms with Crippen LogP contribution in [-0.2, 0) is 23.8 Å². The zero-order valence-electron chi connectivity index (χ0n) is 45.1. The second kappa shape index (κ2) is 58.4. The predicted molar refractivity (Wildman–Crippen MR) is 297 cm³/mol. The number of unbranched alkanes of at least 4 members (excludes halogenated alkanes) is 28. The Morgan fingerprint density at radius 3 is 1.07 bits per heavy atom. The van der Waals surface area contributed by atoms with Crippen LogP contribution in [-0.4, -0.2) is 37.9 Å². The highest BCUT2D eigenvalue weighted by atomic mass is 16.6. The summed E-state index contributed by atoms with van der Waals surface area (Å²) in [5, 5.41) is 0. The molecule has 0 saturated carbocycles. The molecule has 68 heavy (non-hydrogen) atoms. The fraction of sp³-hybridized carbons (Fsp3) is 0.746. The maximum Gasteiger partial charge on any atom is 0.306 e. The topological polar surface area (TPSA) is 61.8 Å². The maximum atomic E-state index is 12.8. The van der Waals surface area contributed by atoms with Gasteiger partial charge < -0.3 is 14.2 Å². The number of carbonyl (C=O) groups excluding carboxylic acids is 2. The molecule has 0 aliphatic rings. The summed E-state index contributed by atoms with van der Waals surface area (Å²) in [4.78, 5) is 25.5. The second-order valence-electron chi connectivity index (χ2n) is 19.1. The minimum Gasteiger partial charge on any atom is -0.462 e. The average molecular weight is 948 g/mol. The van der Waals surface area contributed by atoms with Crippen LogP contribution in [0.25, 0.3) is 0 Å². The highest BCUT2D eigenvalue weighted by molar-refractivity contribution is 5.70. The van der Waals surface area contributed by atoms with Crippen molar-refractivity contribution in [3.8, 4) is 0 Å². The van der Waals surface area contributed by atoms with Gasteiger partial charge >= 0.3 is 11.9 Å². The van der Waals surface area contributed by atoms with E-state index in [2.05, 4.69) is 106 Å². The van der Waals surface area contributed by atoms with Crippen molar-refractivity contribution < 1.29 is 23.8 Å². The van der Waals surface area contributed by atoms with Gasteiger partial charge in [0.2, 0.25) is 0 Å². The molecule has 0 radical (unpaired) electrons. The van der Waals surface area contributed by atoms with E-state index in [1.807, 2.05) is 0 Å². The fourth-order valence-corrected chi connectivity index (χ4v) is 8.16. The summed E-state index contributed by atoms with van der Waals surface area (Å²) in [6, 6.07) is 0. The Labute approximate surface area is 422 Å². The molecule has 0 aromatic heterocycles. The lowest BCUT2D eigenvalue weighted by molar-refractivity contribution is -0.163. The number of rotatable bonds is 53. The molecule has 392 valence electrons. The summed E-state index contributed by atoms with van der Waals surface area (Å²) < 4.78 is 17.5. The molecule has 5 heteroatoms. The molecule has 1 atom stereocenters. The Morgan fingerprint density at radius 2 is 0.662 bits per heavy atom. The smallest absolute Gasteiger partial charge is 0.306 e. The van der Waals surface area contributed by atoms with E-state index in [1.165, 1.54) is 135 Å². The molecule has 0 aliphatic carbocycles. The van der Waals surface area contributed by atoms with Crippen LogP contribution >= 0.6 is 0 Å². The first-order chi connectivity index (χ1) is 33.6. The van der Waals surface area contributed by atoms with Crippen LogP contribution < -0.4 is 0 Å². The van der Waals surface area contributed by atoms with Crippen LogP contribution in [0.1, 0.15) is 278 Å². The van der Waals surface area contributed by atoms with Crippen LogP contribution in [0.2, 0.25) is 0 Å². The lowest BCUT2D eigenvalue weighted by Gasteiger charge is -2.18. The Bertz CT molecular complexity index is 1250. The zero-order valence-corrected chi connectivity index (χ0v) is 45.1. The van der Waals surface area contributed by atoms with Gasteiger partial charge in [0, 0.05) is 19.4 Å². The molecule has 0 spiro atoms. The van der Waals surface area contributed by atoms with Crippen molar-refractivity contribution in [3.05, 3.63) is 85.1 Å². The Morgan fingerprint density at radius 1 is 0.338 bits per heavy atom. The first-order valence-electron chi connectivity index (χ1n) is 29.1. The van der Waals surface area contributed by atoms with Crippen molar-refractivity contribution in [1.82, 2.24) is 0 Å². The Balaban J connectivity index is 4.27. The summed E-state index contributed by atoms with van der Waals surface area (Å²) in [7, 11) is 0. The number of carbonyl (C=O) groups is 2. The van der Waals surface area contributed by atoms with Gasteiger partial charge in [-0.05, 0) is 89.9 Å². The standard InChI is InChI=1S/C63H110O5/c1-4-7-10-13-16-19-22-25-27-29-31-33-35-37-40-43-46-49-52-55-58-66-59-61(68-63(65)57-54-51-48-45-42-38-24-21-18-15-12-9-6-3)60-67-62(64)56-53-50-47-44-41-39-36-34-32-30-28-26-23-20-17-14-11-8-5-2/h8-9,11-12,17-18,20-21,26,28,32,34,38,42,61H,4-7,10,13-16,19,22-25,27,29-31,33,35-37,39-41,43-60H2,1-3H3/b11-8-,12-9-,20-17-,21-18-,28-26-,34-32-,42-38-. The lowest BCUT2D eigenvalue weighted by atomic mass is 10.0. The molecular weight excluding hydrogens is 837 g/mol. The Hall–Kier alpha value is -2.92. The molecule has 0 rings (SSSR count). The fourth-order valence-electron chi connectivity index (χ4n) is 8.16. The molecule has 0 aromatic rings. The van der Waals surface area contributed by atoms with Crippen LogP contribution in [0.5, 0.6) is 0 Å². The van der Waals surface area contributed by atoms with Crippen molar-refractivity contribution in [2.75, 3.05) is 19.8 Å². The monoisotopic (exact) mass is 947 g/mol. The third-order valence-electron chi connectivity index (χ3n) is 12.4. The molecule has 0 aromatic carbocycles. The van der Waals surface area contributed by atoms with E-state index in [1.54, 1.807) is 0 Å². The van der Waals surface area contributed by atoms with Crippen molar-refractivity contribution in [1.29, 1.82) is 0 Å². The van der Waals surface area contributed by atoms with Gasteiger partial charge in [-0.2, -0.15) is 0 Å². The number of esters is 2. The molecule has 0 amide bonds. The zero-order chi connectivity index (χ0) is 49.2. The highest BCUT2D eigenvalue weighted by Gasteiger charge is 2.17. The minimum atomic E-state index is -0.560. The number of allylic oxidation sites excluding steroid dienone is 14. The number of hydrogen-bond donors (Lipinski definition) is 0. The first kappa shape index (κ1) is 65.1. The van der Waals surface area contributed by atoms with Gasteiger partial charge in [0.25, 0.3) is 0 Å². The first-order valence-corrected chi connectivity index (χ1v) is 29.1. The normalized spacial score (nSPS) is 12.8. The van der Waals surface area contributed by atoms with Gasteiger partial charge in [0.1, 0.15) is 6.61 Å². The third-order valence-corrected chi connectivity index (χ3v) is 12.4. The van der Waals surface area contributed by atoms with E-state index < -0.39 is 6.10 Å². The van der Waals surface area contributed by atoms with Crippen molar-refractivity contribution in [2.45, 2.75) is 284 Å². The van der Waals surface area contributed by atoms with Crippen LogP contribution in [0.3, 0.4) is 0 Å². The molecule has 0 bridgehead atoms. The molecule has 5 nitrogen and oxygen atoms in total. The van der Waals surface area contributed by atoms with Crippen molar-refractivity contribution in [3.63, 3.8) is 0 Å². The molecule has 0 aliphatic heterocycles. The van der Waals surface area contributed by atoms with E-state index in [4.69, 9.17) is 14.2 Å². The summed E-state index contributed by atoms with van der Waals surface area (Å²) in [5.74, 6) is -0.440. The second-order valence-corrected chi connectivity index (χ2v) is 19.1. The molecule has 1 unspecified atom stereocenters. The van der Waals surface area contributed by atoms with Crippen LogP contribution in [0, 0.1) is 0 Å². The molecular formula is C63H110O5. The highest BCUT2D eigenvalue weighted by Crippen LogP contribution is 2.16. The van der Waals surface area contributed by atoms with E-state index in [0.717, 1.165) is 109 Å². The minimum absolute atomic E-state index is 0.0647. The van der Waals surface area contributed by atoms with Crippen LogP contribution in [0.15, 0.2) is 85.1 Å². The summed E-state index contributed by atoms with van der Waals surface area (Å²) >= 11 is 0. The van der Waals surface area contributed by atoms with Gasteiger partial charge in [-0.3, -0.25) is 9.59 Å². The van der Waals surface area contributed by atoms with Gasteiger partial charge in [-0.15, -0.1) is 0 Å². The van der Waals surface area contributed by atoms with Gasteiger partial charge in [0.05, 0.1) is 6.61 Å². The molecule has 0 N–H and O–H groups in total. The average Bonchev–Trinajstić information content (AvgIpc) is 3.34.